The molecule has 1 saturated heterocycles. The second-order valence-electron chi connectivity index (χ2n) is 5.92. The summed E-state index contributed by atoms with van der Waals surface area (Å²) >= 11 is 6.12. The van der Waals surface area contributed by atoms with E-state index >= 15 is 0 Å². The first kappa shape index (κ1) is 16.3. The molecule has 5 nitrogen and oxygen atoms in total. The fourth-order valence-electron chi connectivity index (χ4n) is 3.04. The Balaban J connectivity index is 1.50. The van der Waals surface area contributed by atoms with Crippen molar-refractivity contribution in [2.45, 2.75) is 25.4 Å². The van der Waals surface area contributed by atoms with Gasteiger partial charge in [-0.15, -0.1) is 0 Å². The van der Waals surface area contributed by atoms with Gasteiger partial charge in [-0.25, -0.2) is 5.43 Å². The summed E-state index contributed by atoms with van der Waals surface area (Å²) in [5.74, 6) is 0.908. The molecule has 0 atom stereocenters. The first-order valence-electron chi connectivity index (χ1n) is 7.99. The van der Waals surface area contributed by atoms with Gasteiger partial charge in [-0.05, 0) is 37.1 Å². The lowest BCUT2D eigenvalue weighted by Gasteiger charge is -2.35. The lowest BCUT2D eigenvalue weighted by atomic mass is 10.0. The van der Waals surface area contributed by atoms with Gasteiger partial charge in [0.15, 0.2) is 0 Å². The van der Waals surface area contributed by atoms with Crippen LogP contribution in [0.5, 0.6) is 5.75 Å². The normalized spacial score (nSPS) is 19.3. The molecule has 0 spiro atoms. The van der Waals surface area contributed by atoms with Crippen LogP contribution in [-0.4, -0.2) is 49.0 Å². The quantitative estimate of drug-likeness (QED) is 0.898. The van der Waals surface area contributed by atoms with Gasteiger partial charge >= 0.3 is 0 Å². The molecule has 1 aromatic rings. The van der Waals surface area contributed by atoms with Crippen LogP contribution in [0.3, 0.4) is 0 Å². The minimum absolute atomic E-state index is 0.505. The molecule has 0 bridgehead atoms. The van der Waals surface area contributed by atoms with E-state index in [9.17, 15) is 0 Å². The number of methoxy groups -OCH3 is 1. The fourth-order valence-corrected chi connectivity index (χ4v) is 3.23. The summed E-state index contributed by atoms with van der Waals surface area (Å²) < 4.78 is 5.44. The topological polar surface area (TPSA) is 40.1 Å². The Labute approximate surface area is 142 Å². The molecule has 0 saturated carbocycles. The Morgan fingerprint density at radius 2 is 2.17 bits per heavy atom. The second-order valence-corrected chi connectivity index (χ2v) is 6.36. The monoisotopic (exact) mass is 334 g/mol. The van der Waals surface area contributed by atoms with Gasteiger partial charge < -0.3 is 4.74 Å². The number of likely N-dealkylation sites (tertiary alicyclic amines) is 1. The van der Waals surface area contributed by atoms with E-state index in [4.69, 9.17) is 16.3 Å². The average molecular weight is 335 g/mol. The van der Waals surface area contributed by atoms with Gasteiger partial charge in [-0.1, -0.05) is 11.6 Å². The van der Waals surface area contributed by atoms with Crippen molar-refractivity contribution in [2.75, 3.05) is 26.9 Å². The van der Waals surface area contributed by atoms with E-state index in [1.807, 2.05) is 36.7 Å². The number of rotatable bonds is 5. The highest BCUT2D eigenvalue weighted by molar-refractivity contribution is 6.30. The molecule has 2 aliphatic rings. The highest BCUT2D eigenvalue weighted by Gasteiger charge is 2.21. The van der Waals surface area contributed by atoms with Crippen LogP contribution in [0.1, 0.15) is 18.4 Å². The zero-order valence-corrected chi connectivity index (χ0v) is 14.2. The Morgan fingerprint density at radius 1 is 1.35 bits per heavy atom. The summed E-state index contributed by atoms with van der Waals surface area (Å²) in [5, 5.41) is 2.81. The number of halogens is 1. The molecule has 0 amide bonds. The van der Waals surface area contributed by atoms with Crippen molar-refractivity contribution in [1.29, 1.82) is 0 Å². The molecule has 0 aliphatic carbocycles. The number of allylic oxidation sites excluding steroid dienone is 1. The number of nitrogens with one attached hydrogen (secondary N) is 1. The number of benzene rings is 1. The van der Waals surface area contributed by atoms with E-state index in [2.05, 4.69) is 20.3 Å². The summed E-state index contributed by atoms with van der Waals surface area (Å²) in [5.41, 5.74) is 4.69. The maximum atomic E-state index is 6.12. The van der Waals surface area contributed by atoms with Crippen LogP contribution in [0.25, 0.3) is 0 Å². The predicted molar refractivity (Wildman–Crippen MR) is 93.8 cm³/mol. The van der Waals surface area contributed by atoms with Crippen LogP contribution in [0.15, 0.2) is 35.5 Å². The minimum atomic E-state index is 0.505. The van der Waals surface area contributed by atoms with Gasteiger partial charge in [-0.3, -0.25) is 14.9 Å². The zero-order valence-electron chi connectivity index (χ0n) is 13.4. The van der Waals surface area contributed by atoms with Crippen LogP contribution in [-0.2, 0) is 6.54 Å². The second kappa shape index (κ2) is 7.81. The third-order valence-corrected chi connectivity index (χ3v) is 4.50. The van der Waals surface area contributed by atoms with E-state index in [1.165, 1.54) is 0 Å². The van der Waals surface area contributed by atoms with Crippen LogP contribution in [0, 0.1) is 0 Å². The number of ether oxygens (including phenoxy) is 1. The van der Waals surface area contributed by atoms with Gasteiger partial charge in [0.1, 0.15) is 12.4 Å². The smallest absolute Gasteiger partial charge is 0.124 e. The van der Waals surface area contributed by atoms with Crippen molar-refractivity contribution in [3.8, 4) is 5.75 Å². The zero-order chi connectivity index (χ0) is 16.1. The van der Waals surface area contributed by atoms with Crippen LogP contribution in [0.4, 0.5) is 0 Å². The highest BCUT2D eigenvalue weighted by Crippen LogP contribution is 2.25. The lowest BCUT2D eigenvalue weighted by molar-refractivity contribution is 0.141. The summed E-state index contributed by atoms with van der Waals surface area (Å²) in [4.78, 5) is 6.69. The molecule has 2 heterocycles. The van der Waals surface area contributed by atoms with Gasteiger partial charge in [-0.2, -0.15) is 0 Å². The fraction of sp³-hybridized carbons (Fsp3) is 0.471. The van der Waals surface area contributed by atoms with Crippen molar-refractivity contribution >= 4 is 17.8 Å². The molecule has 6 heteroatoms. The summed E-state index contributed by atoms with van der Waals surface area (Å²) in [6.45, 7) is 3.70. The number of hydrogen-bond donors (Lipinski definition) is 1. The van der Waals surface area contributed by atoms with Gasteiger partial charge in [0.2, 0.25) is 0 Å². The molecule has 0 aromatic heterocycles. The average Bonchev–Trinajstić information content (AvgIpc) is 2.58. The Bertz CT molecular complexity index is 582. The Hall–Kier alpha value is -1.56. The highest BCUT2D eigenvalue weighted by atomic mass is 35.5. The molecule has 3 rings (SSSR count). The SMILES string of the molecule is COc1ccc(Cl)cc1CN1CCC(NN2C=CC=NC2)CC1. The summed E-state index contributed by atoms with van der Waals surface area (Å²) in [7, 11) is 1.71. The van der Waals surface area contributed by atoms with Crippen molar-refractivity contribution in [2.24, 2.45) is 4.99 Å². The molecule has 23 heavy (non-hydrogen) atoms. The molecular weight excluding hydrogens is 312 g/mol. The molecule has 0 unspecified atom stereocenters. The Morgan fingerprint density at radius 3 is 2.87 bits per heavy atom. The van der Waals surface area contributed by atoms with E-state index in [0.717, 1.165) is 48.8 Å². The number of piperidine rings is 1. The number of hydrazine groups is 1. The summed E-state index contributed by atoms with van der Waals surface area (Å²) in [6, 6.07) is 6.32. The maximum Gasteiger partial charge on any atom is 0.124 e. The van der Waals surface area contributed by atoms with Crippen molar-refractivity contribution < 1.29 is 4.74 Å². The Kier molecular flexibility index (Phi) is 5.54. The molecule has 0 radical (unpaired) electrons. The number of aliphatic imine (C=N–C) groups is 1. The van der Waals surface area contributed by atoms with Crippen LogP contribution >= 0.6 is 11.6 Å². The minimum Gasteiger partial charge on any atom is -0.496 e. The number of nitrogens with zero attached hydrogens (tertiary/aromatic N) is 3. The third kappa shape index (κ3) is 4.47. The van der Waals surface area contributed by atoms with Crippen LogP contribution in [0.2, 0.25) is 5.02 Å². The molecular formula is C17H23ClN4O. The predicted octanol–water partition coefficient (Wildman–Crippen LogP) is 2.68. The van der Waals surface area contributed by atoms with E-state index in [0.29, 0.717) is 12.7 Å². The molecule has 124 valence electrons. The van der Waals surface area contributed by atoms with Crippen molar-refractivity contribution in [3.05, 3.63) is 41.1 Å². The first-order chi connectivity index (χ1) is 11.2. The molecule has 1 aromatic carbocycles. The maximum absolute atomic E-state index is 6.12. The van der Waals surface area contributed by atoms with Gasteiger partial charge in [0, 0.05) is 48.7 Å². The largest absolute Gasteiger partial charge is 0.496 e. The van der Waals surface area contributed by atoms with E-state index in [1.54, 1.807) is 7.11 Å². The molecule has 1 fully saturated rings. The molecule has 1 N–H and O–H groups in total. The van der Waals surface area contributed by atoms with Crippen LogP contribution < -0.4 is 10.2 Å². The van der Waals surface area contributed by atoms with Crippen molar-refractivity contribution in [1.82, 2.24) is 15.3 Å². The first-order valence-corrected chi connectivity index (χ1v) is 8.36. The standard InChI is InChI=1S/C17H23ClN4O/c1-23-17-4-3-15(18)11-14(17)12-21-9-5-16(6-10-21)20-22-8-2-7-19-13-22/h2-4,7-8,11,16,20H,5-6,9-10,12-13H2,1H3. The lowest BCUT2D eigenvalue weighted by Crippen LogP contribution is -2.48. The van der Waals surface area contributed by atoms with E-state index < -0.39 is 0 Å². The van der Waals surface area contributed by atoms with Crippen molar-refractivity contribution in [3.63, 3.8) is 0 Å². The summed E-state index contributed by atoms with van der Waals surface area (Å²) in [6.07, 6.45) is 8.07. The number of hydrogen-bond acceptors (Lipinski definition) is 5. The molecule has 2 aliphatic heterocycles. The van der Waals surface area contributed by atoms with E-state index in [-0.39, 0.29) is 0 Å². The third-order valence-electron chi connectivity index (χ3n) is 4.26. The van der Waals surface area contributed by atoms with Gasteiger partial charge in [0.05, 0.1) is 7.11 Å². The van der Waals surface area contributed by atoms with Gasteiger partial charge in [0.25, 0.3) is 0 Å².